The standard InChI is InChI=1S/C13H21N3O/c1-10(11-3-5-17-6-4-11)16-13-7-12(14-2)8-15-9-13/h7-11,14,16H,3-6H2,1-2H3. The molecule has 0 amide bonds. The van der Waals surface area contributed by atoms with Gasteiger partial charge < -0.3 is 15.4 Å². The lowest BCUT2D eigenvalue weighted by atomic mass is 9.93. The Morgan fingerprint density at radius 1 is 1.29 bits per heavy atom. The predicted octanol–water partition coefficient (Wildman–Crippen LogP) is 2.35. The first-order valence-electron chi connectivity index (χ1n) is 6.26. The molecule has 0 aromatic carbocycles. The van der Waals surface area contributed by atoms with E-state index in [4.69, 9.17) is 4.74 Å². The van der Waals surface area contributed by atoms with Crippen LogP contribution in [0, 0.1) is 5.92 Å². The van der Waals surface area contributed by atoms with E-state index in [1.54, 1.807) is 0 Å². The highest BCUT2D eigenvalue weighted by atomic mass is 16.5. The number of anilines is 2. The molecule has 0 aliphatic carbocycles. The molecule has 0 radical (unpaired) electrons. The van der Waals surface area contributed by atoms with E-state index in [-0.39, 0.29) is 0 Å². The summed E-state index contributed by atoms with van der Waals surface area (Å²) in [6.07, 6.45) is 5.99. The Kier molecular flexibility index (Phi) is 4.20. The summed E-state index contributed by atoms with van der Waals surface area (Å²) in [6.45, 7) is 4.03. The molecule has 4 nitrogen and oxygen atoms in total. The third-order valence-electron chi connectivity index (χ3n) is 3.39. The van der Waals surface area contributed by atoms with Crippen molar-refractivity contribution in [3.8, 4) is 0 Å². The Labute approximate surface area is 103 Å². The van der Waals surface area contributed by atoms with Gasteiger partial charge in [0.1, 0.15) is 0 Å². The molecular formula is C13H21N3O. The second-order valence-electron chi connectivity index (χ2n) is 4.60. The highest BCUT2D eigenvalue weighted by molar-refractivity contribution is 5.54. The zero-order valence-electron chi connectivity index (χ0n) is 10.6. The molecule has 94 valence electrons. The number of ether oxygens (including phenoxy) is 1. The fourth-order valence-electron chi connectivity index (χ4n) is 2.25. The lowest BCUT2D eigenvalue weighted by molar-refractivity contribution is 0.0622. The van der Waals surface area contributed by atoms with Crippen LogP contribution in [0.25, 0.3) is 0 Å². The molecule has 2 heterocycles. The molecule has 1 aliphatic heterocycles. The van der Waals surface area contributed by atoms with Crippen LogP contribution in [0.1, 0.15) is 19.8 Å². The average Bonchev–Trinajstić information content (AvgIpc) is 2.40. The predicted molar refractivity (Wildman–Crippen MR) is 70.4 cm³/mol. The van der Waals surface area contributed by atoms with Crippen molar-refractivity contribution in [3.05, 3.63) is 18.5 Å². The minimum absolute atomic E-state index is 0.466. The maximum absolute atomic E-state index is 5.39. The van der Waals surface area contributed by atoms with E-state index in [2.05, 4.69) is 28.6 Å². The summed E-state index contributed by atoms with van der Waals surface area (Å²) in [5.74, 6) is 0.696. The van der Waals surface area contributed by atoms with E-state index in [9.17, 15) is 0 Å². The van der Waals surface area contributed by atoms with Crippen molar-refractivity contribution in [1.82, 2.24) is 4.98 Å². The number of rotatable bonds is 4. The van der Waals surface area contributed by atoms with Gasteiger partial charge in [-0.2, -0.15) is 0 Å². The average molecular weight is 235 g/mol. The summed E-state index contributed by atoms with van der Waals surface area (Å²) in [6, 6.07) is 2.55. The molecule has 1 fully saturated rings. The van der Waals surface area contributed by atoms with Crippen LogP contribution in [-0.2, 0) is 4.74 Å². The molecule has 0 bridgehead atoms. The molecule has 1 saturated heterocycles. The summed E-state index contributed by atoms with van der Waals surface area (Å²) < 4.78 is 5.39. The first kappa shape index (κ1) is 12.2. The van der Waals surface area contributed by atoms with Gasteiger partial charge >= 0.3 is 0 Å². The minimum Gasteiger partial charge on any atom is -0.387 e. The lowest BCUT2D eigenvalue weighted by Gasteiger charge is -2.29. The van der Waals surface area contributed by atoms with Crippen LogP contribution in [0.2, 0.25) is 0 Å². The van der Waals surface area contributed by atoms with Gasteiger partial charge in [-0.25, -0.2) is 0 Å². The van der Waals surface area contributed by atoms with Gasteiger partial charge in [0.25, 0.3) is 0 Å². The Bertz CT molecular complexity index is 350. The normalized spacial score (nSPS) is 18.7. The van der Waals surface area contributed by atoms with Gasteiger partial charge in [-0.3, -0.25) is 4.98 Å². The van der Waals surface area contributed by atoms with Crippen LogP contribution >= 0.6 is 0 Å². The van der Waals surface area contributed by atoms with Crippen molar-refractivity contribution in [2.75, 3.05) is 30.9 Å². The highest BCUT2D eigenvalue weighted by Gasteiger charge is 2.20. The number of nitrogens with zero attached hydrogens (tertiary/aromatic N) is 1. The Morgan fingerprint density at radius 2 is 2.00 bits per heavy atom. The third kappa shape index (κ3) is 3.33. The summed E-state index contributed by atoms with van der Waals surface area (Å²) in [7, 11) is 1.91. The SMILES string of the molecule is CNc1cncc(NC(C)C2CCOCC2)c1. The summed E-state index contributed by atoms with van der Waals surface area (Å²) >= 11 is 0. The largest absolute Gasteiger partial charge is 0.387 e. The van der Waals surface area contributed by atoms with E-state index < -0.39 is 0 Å². The molecule has 0 spiro atoms. The van der Waals surface area contributed by atoms with Crippen molar-refractivity contribution in [1.29, 1.82) is 0 Å². The van der Waals surface area contributed by atoms with Gasteiger partial charge in [0, 0.05) is 26.3 Å². The van der Waals surface area contributed by atoms with Gasteiger partial charge in [0.15, 0.2) is 0 Å². The first-order valence-corrected chi connectivity index (χ1v) is 6.26. The smallest absolute Gasteiger partial charge is 0.0549 e. The summed E-state index contributed by atoms with van der Waals surface area (Å²) in [5, 5.41) is 6.63. The van der Waals surface area contributed by atoms with Crippen molar-refractivity contribution >= 4 is 11.4 Å². The first-order chi connectivity index (χ1) is 8.29. The lowest BCUT2D eigenvalue weighted by Crippen LogP contribution is -2.31. The van der Waals surface area contributed by atoms with Gasteiger partial charge in [-0.1, -0.05) is 0 Å². The monoisotopic (exact) mass is 235 g/mol. The molecular weight excluding hydrogens is 214 g/mol. The number of aromatic nitrogens is 1. The van der Waals surface area contributed by atoms with Gasteiger partial charge in [-0.15, -0.1) is 0 Å². The number of pyridine rings is 1. The van der Waals surface area contributed by atoms with Crippen LogP contribution in [-0.4, -0.2) is 31.3 Å². The zero-order valence-corrected chi connectivity index (χ0v) is 10.6. The number of hydrogen-bond donors (Lipinski definition) is 2. The molecule has 1 aliphatic rings. The fourth-order valence-corrected chi connectivity index (χ4v) is 2.25. The van der Waals surface area contributed by atoms with Crippen molar-refractivity contribution in [2.24, 2.45) is 5.92 Å². The van der Waals surface area contributed by atoms with Crippen LogP contribution < -0.4 is 10.6 Å². The number of nitrogens with one attached hydrogen (secondary N) is 2. The molecule has 1 unspecified atom stereocenters. The zero-order chi connectivity index (χ0) is 12.1. The maximum atomic E-state index is 5.39. The van der Waals surface area contributed by atoms with E-state index in [0.717, 1.165) is 37.4 Å². The second kappa shape index (κ2) is 5.87. The van der Waals surface area contributed by atoms with E-state index in [1.165, 1.54) is 0 Å². The van der Waals surface area contributed by atoms with Crippen LogP contribution in [0.3, 0.4) is 0 Å². The van der Waals surface area contributed by atoms with Crippen LogP contribution in [0.4, 0.5) is 11.4 Å². The molecule has 0 saturated carbocycles. The second-order valence-corrected chi connectivity index (χ2v) is 4.60. The molecule has 1 aromatic rings. The van der Waals surface area contributed by atoms with E-state index >= 15 is 0 Å². The fraction of sp³-hybridized carbons (Fsp3) is 0.615. The van der Waals surface area contributed by atoms with E-state index in [0.29, 0.717) is 12.0 Å². The van der Waals surface area contributed by atoms with Gasteiger partial charge in [-0.05, 0) is 31.7 Å². The maximum Gasteiger partial charge on any atom is 0.0549 e. The molecule has 2 rings (SSSR count). The Balaban J connectivity index is 1.94. The molecule has 1 atom stereocenters. The third-order valence-corrected chi connectivity index (χ3v) is 3.39. The molecule has 4 heteroatoms. The minimum atomic E-state index is 0.466. The van der Waals surface area contributed by atoms with Crippen molar-refractivity contribution in [2.45, 2.75) is 25.8 Å². The van der Waals surface area contributed by atoms with Crippen LogP contribution in [0.5, 0.6) is 0 Å². The highest BCUT2D eigenvalue weighted by Crippen LogP contribution is 2.22. The Morgan fingerprint density at radius 3 is 2.71 bits per heavy atom. The van der Waals surface area contributed by atoms with Gasteiger partial charge in [0.05, 0.1) is 23.8 Å². The quantitative estimate of drug-likeness (QED) is 0.841. The van der Waals surface area contributed by atoms with E-state index in [1.807, 2.05) is 19.4 Å². The molecule has 1 aromatic heterocycles. The van der Waals surface area contributed by atoms with Crippen LogP contribution in [0.15, 0.2) is 18.5 Å². The summed E-state index contributed by atoms with van der Waals surface area (Å²) in [4.78, 5) is 4.20. The molecule has 17 heavy (non-hydrogen) atoms. The summed E-state index contributed by atoms with van der Waals surface area (Å²) in [5.41, 5.74) is 2.12. The van der Waals surface area contributed by atoms with Crippen molar-refractivity contribution < 1.29 is 4.74 Å². The van der Waals surface area contributed by atoms with Crippen molar-refractivity contribution in [3.63, 3.8) is 0 Å². The molecule has 2 N–H and O–H groups in total. The Hall–Kier alpha value is -1.29. The number of hydrogen-bond acceptors (Lipinski definition) is 4. The van der Waals surface area contributed by atoms with Gasteiger partial charge in [0.2, 0.25) is 0 Å². The topological polar surface area (TPSA) is 46.2 Å².